The van der Waals surface area contributed by atoms with Crippen LogP contribution >= 0.6 is 0 Å². The molecule has 1 saturated heterocycles. The van der Waals surface area contributed by atoms with Gasteiger partial charge in [0.25, 0.3) is 5.91 Å². The number of aromatic nitrogens is 1. The molecular formula is C23H33FN4O2. The molecule has 0 bridgehead atoms. The predicted molar refractivity (Wildman–Crippen MR) is 118 cm³/mol. The molecule has 2 N–H and O–H groups in total. The molecule has 164 valence electrons. The van der Waals surface area contributed by atoms with E-state index >= 15 is 0 Å². The summed E-state index contributed by atoms with van der Waals surface area (Å²) < 4.78 is 18.4. The number of piperazine rings is 1. The average Bonchev–Trinajstić information content (AvgIpc) is 2.74. The van der Waals surface area contributed by atoms with Crippen LogP contribution in [0.15, 0.2) is 30.3 Å². The third kappa shape index (κ3) is 5.27. The summed E-state index contributed by atoms with van der Waals surface area (Å²) in [6.07, 6.45) is 0. The highest BCUT2D eigenvalue weighted by Crippen LogP contribution is 2.26. The van der Waals surface area contributed by atoms with Crippen molar-refractivity contribution >= 4 is 11.7 Å². The molecule has 1 aliphatic rings. The summed E-state index contributed by atoms with van der Waals surface area (Å²) in [5.41, 5.74) is 8.08. The van der Waals surface area contributed by atoms with Crippen LogP contribution in [0.1, 0.15) is 49.2 Å². The number of nitrogens with zero attached hydrogens (tertiary/aromatic N) is 3. The van der Waals surface area contributed by atoms with E-state index in [2.05, 4.69) is 16.8 Å². The SMILES string of the molecule is CC.COc1nc(N)c(C)cc1C(=O)N1C[C@H](C)N(Cc2ccc(F)cc2)CC1C. The zero-order valence-corrected chi connectivity index (χ0v) is 18.8. The lowest BCUT2D eigenvalue weighted by Crippen LogP contribution is -2.57. The first-order valence-electron chi connectivity index (χ1n) is 10.4. The van der Waals surface area contributed by atoms with E-state index in [-0.39, 0.29) is 29.7 Å². The number of anilines is 1. The number of nitrogen functional groups attached to an aromatic ring is 1. The fraction of sp³-hybridized carbons (Fsp3) is 0.478. The van der Waals surface area contributed by atoms with E-state index in [0.717, 1.165) is 24.2 Å². The summed E-state index contributed by atoms with van der Waals surface area (Å²) in [5, 5.41) is 0. The van der Waals surface area contributed by atoms with Gasteiger partial charge in [0.15, 0.2) is 0 Å². The molecule has 1 fully saturated rings. The van der Waals surface area contributed by atoms with Crippen LogP contribution in [0.2, 0.25) is 0 Å². The van der Waals surface area contributed by atoms with Crippen molar-refractivity contribution in [2.75, 3.05) is 25.9 Å². The van der Waals surface area contributed by atoms with Gasteiger partial charge < -0.3 is 15.4 Å². The molecule has 2 atom stereocenters. The summed E-state index contributed by atoms with van der Waals surface area (Å²) in [5.74, 6) is 0.274. The van der Waals surface area contributed by atoms with Gasteiger partial charge in [-0.3, -0.25) is 9.69 Å². The normalized spacial score (nSPS) is 19.1. The van der Waals surface area contributed by atoms with Gasteiger partial charge >= 0.3 is 0 Å². The van der Waals surface area contributed by atoms with Crippen LogP contribution < -0.4 is 10.5 Å². The molecule has 2 heterocycles. The molecule has 0 saturated carbocycles. The number of carbonyl (C=O) groups is 1. The van der Waals surface area contributed by atoms with Gasteiger partial charge in [-0.1, -0.05) is 26.0 Å². The fourth-order valence-electron chi connectivity index (χ4n) is 3.60. The Morgan fingerprint density at radius 1 is 1.20 bits per heavy atom. The Kier molecular flexibility index (Phi) is 8.17. The van der Waals surface area contributed by atoms with Crippen molar-refractivity contribution in [3.05, 3.63) is 52.8 Å². The monoisotopic (exact) mass is 416 g/mol. The smallest absolute Gasteiger partial charge is 0.259 e. The number of aryl methyl sites for hydroxylation is 1. The largest absolute Gasteiger partial charge is 0.480 e. The Balaban J connectivity index is 0.00000155. The first-order valence-corrected chi connectivity index (χ1v) is 10.4. The van der Waals surface area contributed by atoms with E-state index in [0.29, 0.717) is 17.9 Å². The molecule has 1 aliphatic heterocycles. The highest BCUT2D eigenvalue weighted by Gasteiger charge is 2.34. The van der Waals surface area contributed by atoms with Gasteiger partial charge in [0.1, 0.15) is 17.2 Å². The molecule has 0 spiro atoms. The van der Waals surface area contributed by atoms with Crippen molar-refractivity contribution in [3.8, 4) is 5.88 Å². The van der Waals surface area contributed by atoms with Crippen LogP contribution in [0.25, 0.3) is 0 Å². The van der Waals surface area contributed by atoms with Gasteiger partial charge in [-0.25, -0.2) is 4.39 Å². The van der Waals surface area contributed by atoms with Crippen LogP contribution in [-0.4, -0.2) is 53.0 Å². The summed E-state index contributed by atoms with van der Waals surface area (Å²) in [6, 6.07) is 8.49. The first kappa shape index (κ1) is 23.6. The maximum absolute atomic E-state index is 13.2. The van der Waals surface area contributed by atoms with Crippen molar-refractivity contribution in [1.82, 2.24) is 14.8 Å². The Hall–Kier alpha value is -2.67. The molecule has 0 radical (unpaired) electrons. The van der Waals surface area contributed by atoms with E-state index in [1.807, 2.05) is 32.6 Å². The van der Waals surface area contributed by atoms with Crippen LogP contribution in [0.4, 0.5) is 10.2 Å². The van der Waals surface area contributed by atoms with Crippen LogP contribution in [0.5, 0.6) is 5.88 Å². The number of hydrogen-bond acceptors (Lipinski definition) is 5. The minimum atomic E-state index is -0.234. The number of halogens is 1. The maximum Gasteiger partial charge on any atom is 0.259 e. The number of nitrogens with two attached hydrogens (primary N) is 1. The van der Waals surface area contributed by atoms with Gasteiger partial charge in [-0.2, -0.15) is 4.98 Å². The molecule has 1 aromatic carbocycles. The first-order chi connectivity index (χ1) is 14.3. The fourth-order valence-corrected chi connectivity index (χ4v) is 3.60. The van der Waals surface area contributed by atoms with E-state index in [1.54, 1.807) is 18.2 Å². The quantitative estimate of drug-likeness (QED) is 0.819. The van der Waals surface area contributed by atoms with Crippen LogP contribution in [-0.2, 0) is 6.54 Å². The van der Waals surface area contributed by atoms with E-state index < -0.39 is 0 Å². The van der Waals surface area contributed by atoms with E-state index in [9.17, 15) is 9.18 Å². The van der Waals surface area contributed by atoms with Gasteiger partial charge in [-0.15, -0.1) is 0 Å². The Morgan fingerprint density at radius 2 is 1.83 bits per heavy atom. The third-order valence-corrected chi connectivity index (χ3v) is 5.32. The summed E-state index contributed by atoms with van der Waals surface area (Å²) in [6.45, 7) is 12.0. The highest BCUT2D eigenvalue weighted by molar-refractivity contribution is 5.97. The topological polar surface area (TPSA) is 71.7 Å². The molecule has 6 nitrogen and oxygen atoms in total. The summed E-state index contributed by atoms with van der Waals surface area (Å²) in [4.78, 5) is 21.6. The number of carbonyl (C=O) groups excluding carboxylic acids is 1. The second kappa shape index (κ2) is 10.4. The van der Waals surface area contributed by atoms with Gasteiger partial charge in [0.2, 0.25) is 5.88 Å². The molecule has 2 aromatic rings. The second-order valence-electron chi connectivity index (χ2n) is 7.46. The molecule has 3 rings (SSSR count). The number of pyridine rings is 1. The molecular weight excluding hydrogens is 383 g/mol. The van der Waals surface area contributed by atoms with Crippen molar-refractivity contribution < 1.29 is 13.9 Å². The predicted octanol–water partition coefficient (Wildman–Crippen LogP) is 3.88. The van der Waals surface area contributed by atoms with Gasteiger partial charge in [0.05, 0.1) is 7.11 Å². The lowest BCUT2D eigenvalue weighted by molar-refractivity contribution is 0.0288. The Bertz CT molecular complexity index is 857. The molecule has 7 heteroatoms. The number of hydrogen-bond donors (Lipinski definition) is 1. The zero-order chi connectivity index (χ0) is 22.4. The van der Waals surface area contributed by atoms with Crippen molar-refractivity contribution in [3.63, 3.8) is 0 Å². The minimum Gasteiger partial charge on any atom is -0.480 e. The number of methoxy groups -OCH3 is 1. The molecule has 1 aromatic heterocycles. The minimum absolute atomic E-state index is 0.0201. The maximum atomic E-state index is 13.2. The lowest BCUT2D eigenvalue weighted by atomic mass is 10.0. The van der Waals surface area contributed by atoms with Crippen LogP contribution in [0.3, 0.4) is 0 Å². The highest BCUT2D eigenvalue weighted by atomic mass is 19.1. The average molecular weight is 417 g/mol. The van der Waals surface area contributed by atoms with E-state index in [1.165, 1.54) is 19.2 Å². The standard InChI is InChI=1S/C21H27FN4O2.C2H6/c1-13-9-18(20(28-4)24-19(13)23)21(27)26-11-14(2)25(10-15(26)3)12-16-5-7-17(22)8-6-16;1-2/h5-9,14-15H,10-12H2,1-4H3,(H2,23,24);1-2H3/t14-,15?;/m0./s1. The molecule has 0 aliphatic carbocycles. The summed E-state index contributed by atoms with van der Waals surface area (Å²) >= 11 is 0. The second-order valence-corrected chi connectivity index (χ2v) is 7.46. The number of ether oxygens (including phenoxy) is 1. The number of benzene rings is 1. The Labute approximate surface area is 178 Å². The number of rotatable bonds is 4. The Morgan fingerprint density at radius 3 is 2.43 bits per heavy atom. The number of amides is 1. The lowest BCUT2D eigenvalue weighted by Gasteiger charge is -2.44. The van der Waals surface area contributed by atoms with E-state index in [4.69, 9.17) is 10.5 Å². The van der Waals surface area contributed by atoms with Crippen molar-refractivity contribution in [1.29, 1.82) is 0 Å². The molecule has 30 heavy (non-hydrogen) atoms. The zero-order valence-electron chi connectivity index (χ0n) is 18.8. The van der Waals surface area contributed by atoms with Gasteiger partial charge in [-0.05, 0) is 50.1 Å². The van der Waals surface area contributed by atoms with Crippen molar-refractivity contribution in [2.45, 2.75) is 53.2 Å². The van der Waals surface area contributed by atoms with Crippen LogP contribution in [0, 0.1) is 12.7 Å². The summed E-state index contributed by atoms with van der Waals surface area (Å²) in [7, 11) is 1.49. The van der Waals surface area contributed by atoms with Gasteiger partial charge in [0, 0.05) is 31.7 Å². The third-order valence-electron chi connectivity index (χ3n) is 5.32. The van der Waals surface area contributed by atoms with Crippen molar-refractivity contribution in [2.24, 2.45) is 0 Å². The molecule has 1 unspecified atom stereocenters. The molecule has 1 amide bonds.